The molecule has 1 fully saturated rings. The Hall–Kier alpha value is -4.13. The number of aliphatic hydroxyl groups excluding tert-OH is 1. The van der Waals surface area contributed by atoms with E-state index in [1.807, 2.05) is 25.1 Å². The number of likely N-dealkylation sites (tertiary alicyclic amines) is 1. The molecule has 33 heavy (non-hydrogen) atoms. The number of benzene rings is 2. The first-order chi connectivity index (χ1) is 15.9. The molecule has 2 aromatic carbocycles. The minimum Gasteiger partial charge on any atom is -0.507 e. The molecule has 0 bridgehead atoms. The topological polar surface area (TPSA) is 89.0 Å². The van der Waals surface area contributed by atoms with E-state index in [-0.39, 0.29) is 17.9 Å². The number of ketones is 1. The Labute approximate surface area is 191 Å². The first kappa shape index (κ1) is 22.1. The maximum absolute atomic E-state index is 13.2. The number of ether oxygens (including phenoxy) is 2. The molecule has 1 N–H and O–H groups in total. The van der Waals surface area contributed by atoms with E-state index in [1.54, 1.807) is 55.9 Å². The zero-order chi connectivity index (χ0) is 23.5. The van der Waals surface area contributed by atoms with Crippen molar-refractivity contribution in [3.8, 4) is 11.5 Å². The molecular formula is C26H24N2O5. The smallest absolute Gasteiger partial charge is 0.295 e. The summed E-state index contributed by atoms with van der Waals surface area (Å²) < 4.78 is 10.9. The number of methoxy groups -OCH3 is 2. The van der Waals surface area contributed by atoms with Crippen molar-refractivity contribution in [2.45, 2.75) is 19.5 Å². The quantitative estimate of drug-likeness (QED) is 0.351. The zero-order valence-corrected chi connectivity index (χ0v) is 18.6. The summed E-state index contributed by atoms with van der Waals surface area (Å²) in [4.78, 5) is 31.9. The van der Waals surface area contributed by atoms with E-state index in [9.17, 15) is 14.7 Å². The number of aromatic nitrogens is 1. The molecule has 3 aromatic rings. The van der Waals surface area contributed by atoms with Crippen LogP contribution in [0.2, 0.25) is 0 Å². The Balaban J connectivity index is 1.91. The molecule has 4 rings (SSSR count). The SMILES string of the molecule is COc1ccc(C2/C(=C(/O)c3ccc(C)cc3)C(=O)C(=O)N2Cc2cccnc2)c(OC)c1. The van der Waals surface area contributed by atoms with Gasteiger partial charge in [0, 0.05) is 36.1 Å². The van der Waals surface area contributed by atoms with E-state index < -0.39 is 17.7 Å². The third kappa shape index (κ3) is 4.17. The van der Waals surface area contributed by atoms with Gasteiger partial charge in [0.1, 0.15) is 17.3 Å². The van der Waals surface area contributed by atoms with E-state index in [2.05, 4.69) is 4.98 Å². The average Bonchev–Trinajstić information content (AvgIpc) is 3.09. The molecule has 7 nitrogen and oxygen atoms in total. The van der Waals surface area contributed by atoms with Gasteiger partial charge in [-0.05, 0) is 30.7 Å². The summed E-state index contributed by atoms with van der Waals surface area (Å²) in [6.45, 7) is 2.07. The van der Waals surface area contributed by atoms with E-state index in [1.165, 1.54) is 12.0 Å². The third-order valence-electron chi connectivity index (χ3n) is 5.68. The van der Waals surface area contributed by atoms with Gasteiger partial charge in [0.2, 0.25) is 0 Å². The second-order valence-electron chi connectivity index (χ2n) is 7.76. The number of aliphatic hydroxyl groups is 1. The lowest BCUT2D eigenvalue weighted by atomic mass is 9.94. The van der Waals surface area contributed by atoms with Crippen molar-refractivity contribution in [3.63, 3.8) is 0 Å². The molecule has 1 aliphatic heterocycles. The lowest BCUT2D eigenvalue weighted by Gasteiger charge is -2.26. The van der Waals surface area contributed by atoms with Crippen LogP contribution >= 0.6 is 0 Å². The van der Waals surface area contributed by atoms with E-state index in [4.69, 9.17) is 9.47 Å². The molecule has 0 spiro atoms. The highest BCUT2D eigenvalue weighted by Gasteiger charge is 2.47. The fourth-order valence-electron chi connectivity index (χ4n) is 3.97. The lowest BCUT2D eigenvalue weighted by Crippen LogP contribution is -2.29. The minimum absolute atomic E-state index is 0.0104. The van der Waals surface area contributed by atoms with Crippen LogP contribution in [0.1, 0.15) is 28.3 Å². The van der Waals surface area contributed by atoms with Gasteiger partial charge in [-0.1, -0.05) is 35.9 Å². The molecular weight excluding hydrogens is 420 g/mol. The number of carbonyl (C=O) groups excluding carboxylic acids is 2. The molecule has 0 saturated carbocycles. The monoisotopic (exact) mass is 444 g/mol. The molecule has 2 heterocycles. The standard InChI is InChI=1S/C26H24N2O5/c1-16-6-8-18(9-7-16)24(29)22-23(20-11-10-19(32-2)13-21(20)33-3)28(26(31)25(22)30)15-17-5-4-12-27-14-17/h4-14,23,29H,15H2,1-3H3/b24-22-. The van der Waals surface area contributed by atoms with E-state index in [0.717, 1.165) is 11.1 Å². The summed E-state index contributed by atoms with van der Waals surface area (Å²) in [7, 11) is 3.05. The highest BCUT2D eigenvalue weighted by molar-refractivity contribution is 6.46. The first-order valence-electron chi connectivity index (χ1n) is 10.4. The molecule has 1 aromatic heterocycles. The van der Waals surface area contributed by atoms with Crippen LogP contribution in [-0.2, 0) is 16.1 Å². The highest BCUT2D eigenvalue weighted by Crippen LogP contribution is 2.44. The first-order valence-corrected chi connectivity index (χ1v) is 10.4. The Morgan fingerprint density at radius 2 is 1.82 bits per heavy atom. The summed E-state index contributed by atoms with van der Waals surface area (Å²) >= 11 is 0. The fraction of sp³-hybridized carbons (Fsp3) is 0.192. The van der Waals surface area contributed by atoms with Gasteiger partial charge in [0.15, 0.2) is 0 Å². The van der Waals surface area contributed by atoms with Crippen LogP contribution in [0.3, 0.4) is 0 Å². The summed E-state index contributed by atoms with van der Waals surface area (Å²) in [5, 5.41) is 11.2. The second-order valence-corrected chi connectivity index (χ2v) is 7.76. The van der Waals surface area contributed by atoms with Crippen molar-refractivity contribution in [3.05, 3.63) is 94.8 Å². The van der Waals surface area contributed by atoms with Gasteiger partial charge in [-0.2, -0.15) is 0 Å². The fourth-order valence-corrected chi connectivity index (χ4v) is 3.97. The molecule has 1 unspecified atom stereocenters. The van der Waals surface area contributed by atoms with Crippen molar-refractivity contribution in [2.75, 3.05) is 14.2 Å². The predicted octanol–water partition coefficient (Wildman–Crippen LogP) is 4.03. The maximum Gasteiger partial charge on any atom is 0.295 e. The molecule has 1 atom stereocenters. The molecule has 1 aliphatic rings. The number of hydrogen-bond donors (Lipinski definition) is 1. The van der Waals surface area contributed by atoms with Gasteiger partial charge >= 0.3 is 0 Å². The molecule has 0 aliphatic carbocycles. The summed E-state index contributed by atoms with van der Waals surface area (Å²) in [6, 6.07) is 15.0. The van der Waals surface area contributed by atoms with Crippen molar-refractivity contribution in [1.82, 2.24) is 9.88 Å². The number of nitrogens with zero attached hydrogens (tertiary/aromatic N) is 2. The van der Waals surface area contributed by atoms with Crippen LogP contribution in [-0.4, -0.2) is 40.9 Å². The number of Topliss-reactive ketones (excluding diaryl/α,β-unsaturated/α-hetero) is 1. The third-order valence-corrected chi connectivity index (χ3v) is 5.68. The number of hydrogen-bond acceptors (Lipinski definition) is 6. The largest absolute Gasteiger partial charge is 0.507 e. The van der Waals surface area contributed by atoms with Crippen LogP contribution < -0.4 is 9.47 Å². The van der Waals surface area contributed by atoms with Gasteiger partial charge in [-0.3, -0.25) is 14.6 Å². The normalized spacial score (nSPS) is 17.3. The number of amides is 1. The van der Waals surface area contributed by atoms with Gasteiger partial charge in [-0.15, -0.1) is 0 Å². The van der Waals surface area contributed by atoms with Gasteiger partial charge < -0.3 is 19.5 Å². The van der Waals surface area contributed by atoms with Crippen LogP contribution in [0.25, 0.3) is 5.76 Å². The number of aryl methyl sites for hydroxylation is 1. The minimum atomic E-state index is -0.854. The van der Waals surface area contributed by atoms with Gasteiger partial charge in [-0.25, -0.2) is 0 Å². The predicted molar refractivity (Wildman–Crippen MR) is 123 cm³/mol. The number of pyridine rings is 1. The van der Waals surface area contributed by atoms with Gasteiger partial charge in [0.05, 0.1) is 25.8 Å². The Morgan fingerprint density at radius 1 is 1.06 bits per heavy atom. The number of carbonyl (C=O) groups is 2. The van der Waals surface area contributed by atoms with E-state index in [0.29, 0.717) is 22.6 Å². The van der Waals surface area contributed by atoms with Gasteiger partial charge in [0.25, 0.3) is 11.7 Å². The summed E-state index contributed by atoms with van der Waals surface area (Å²) in [5.41, 5.74) is 2.80. The van der Waals surface area contributed by atoms with Crippen LogP contribution in [0.5, 0.6) is 11.5 Å². The van der Waals surface area contributed by atoms with Crippen molar-refractivity contribution >= 4 is 17.4 Å². The molecule has 1 amide bonds. The maximum atomic E-state index is 13.2. The van der Waals surface area contributed by atoms with Crippen molar-refractivity contribution < 1.29 is 24.2 Å². The average molecular weight is 444 g/mol. The van der Waals surface area contributed by atoms with E-state index >= 15 is 0 Å². The van der Waals surface area contributed by atoms with Crippen LogP contribution in [0.15, 0.2) is 72.6 Å². The van der Waals surface area contributed by atoms with Crippen molar-refractivity contribution in [1.29, 1.82) is 0 Å². The number of rotatable bonds is 6. The van der Waals surface area contributed by atoms with Crippen LogP contribution in [0.4, 0.5) is 0 Å². The lowest BCUT2D eigenvalue weighted by molar-refractivity contribution is -0.140. The zero-order valence-electron chi connectivity index (χ0n) is 18.6. The second kappa shape index (κ2) is 9.16. The molecule has 7 heteroatoms. The molecule has 168 valence electrons. The molecule has 1 saturated heterocycles. The summed E-state index contributed by atoms with van der Waals surface area (Å²) in [6.07, 6.45) is 3.28. The van der Waals surface area contributed by atoms with Crippen molar-refractivity contribution in [2.24, 2.45) is 0 Å². The summed E-state index contributed by atoms with van der Waals surface area (Å²) in [5.74, 6) is -0.675. The highest BCUT2D eigenvalue weighted by atomic mass is 16.5. The Kier molecular flexibility index (Phi) is 6.13. The Bertz CT molecular complexity index is 1220. The molecule has 0 radical (unpaired) electrons. The Morgan fingerprint density at radius 3 is 2.45 bits per heavy atom. The van der Waals surface area contributed by atoms with Crippen LogP contribution in [0, 0.1) is 6.92 Å².